The minimum Gasteiger partial charge on any atom is -0.496 e. The van der Waals surface area contributed by atoms with Gasteiger partial charge in [0.2, 0.25) is 0 Å². The lowest BCUT2D eigenvalue weighted by Gasteiger charge is -2.16. The van der Waals surface area contributed by atoms with Crippen LogP contribution in [0.3, 0.4) is 0 Å². The second-order valence-electron chi connectivity index (χ2n) is 5.20. The van der Waals surface area contributed by atoms with Crippen molar-refractivity contribution in [1.29, 1.82) is 0 Å². The number of anilines is 1. The zero-order chi connectivity index (χ0) is 16.1. The van der Waals surface area contributed by atoms with Gasteiger partial charge in [-0.1, -0.05) is 32.0 Å². The minimum absolute atomic E-state index is 0.126. The smallest absolute Gasteiger partial charge is 0.255 e. The van der Waals surface area contributed by atoms with Gasteiger partial charge in [0.15, 0.2) is 0 Å². The maximum absolute atomic E-state index is 12.5. The Bertz CT molecular complexity index is 670. The number of carbonyl (C=O) groups excluding carboxylic acids is 1. The Morgan fingerprint density at radius 3 is 2.64 bits per heavy atom. The molecule has 0 saturated heterocycles. The van der Waals surface area contributed by atoms with E-state index in [1.54, 1.807) is 25.3 Å². The number of methoxy groups -OCH3 is 1. The van der Waals surface area contributed by atoms with Crippen LogP contribution in [0, 0.1) is 0 Å². The molecule has 0 aromatic heterocycles. The van der Waals surface area contributed by atoms with E-state index in [9.17, 15) is 4.79 Å². The van der Waals surface area contributed by atoms with Crippen molar-refractivity contribution in [2.45, 2.75) is 26.2 Å². The number of amides is 1. The maximum atomic E-state index is 12.5. The standard InChI is InChI=1S/C18H20BrNO2/c1-4-12(2)14-7-5-6-8-16(14)20-18(21)13-9-10-17(22-3)15(19)11-13/h5-12H,4H2,1-3H3,(H,20,21)/t12-/m0/s1. The van der Waals surface area contributed by atoms with Gasteiger partial charge in [-0.15, -0.1) is 0 Å². The fraction of sp³-hybridized carbons (Fsp3) is 0.278. The Kier molecular flexibility index (Phi) is 5.61. The number of halogens is 1. The first-order valence-electron chi connectivity index (χ1n) is 7.30. The summed E-state index contributed by atoms with van der Waals surface area (Å²) in [5.41, 5.74) is 2.62. The van der Waals surface area contributed by atoms with Crippen molar-refractivity contribution in [1.82, 2.24) is 0 Å². The van der Waals surface area contributed by atoms with Crippen molar-refractivity contribution >= 4 is 27.5 Å². The molecule has 0 unspecified atom stereocenters. The van der Waals surface area contributed by atoms with Crippen molar-refractivity contribution in [2.75, 3.05) is 12.4 Å². The van der Waals surface area contributed by atoms with Gasteiger partial charge in [-0.25, -0.2) is 0 Å². The second-order valence-corrected chi connectivity index (χ2v) is 6.05. The number of benzene rings is 2. The van der Waals surface area contributed by atoms with E-state index in [-0.39, 0.29) is 5.91 Å². The molecule has 0 bridgehead atoms. The zero-order valence-corrected chi connectivity index (χ0v) is 14.6. The number of hydrogen-bond donors (Lipinski definition) is 1. The Morgan fingerprint density at radius 1 is 1.27 bits per heavy atom. The fourth-order valence-corrected chi connectivity index (χ4v) is 2.80. The summed E-state index contributed by atoms with van der Waals surface area (Å²) in [5, 5.41) is 3.01. The molecule has 2 rings (SSSR count). The first kappa shape index (κ1) is 16.6. The number of rotatable bonds is 5. The van der Waals surface area contributed by atoms with Gasteiger partial charge < -0.3 is 10.1 Å². The van der Waals surface area contributed by atoms with Crippen molar-refractivity contribution in [3.8, 4) is 5.75 Å². The molecule has 0 radical (unpaired) electrons. The van der Waals surface area contributed by atoms with Gasteiger partial charge in [-0.05, 0) is 58.1 Å². The minimum atomic E-state index is -0.126. The van der Waals surface area contributed by atoms with Crippen LogP contribution < -0.4 is 10.1 Å². The Hall–Kier alpha value is -1.81. The van der Waals surface area contributed by atoms with Crippen LogP contribution in [0.25, 0.3) is 0 Å². The lowest BCUT2D eigenvalue weighted by molar-refractivity contribution is 0.102. The molecule has 3 nitrogen and oxygen atoms in total. The Labute approximate surface area is 139 Å². The summed E-state index contributed by atoms with van der Waals surface area (Å²) in [5.74, 6) is 0.981. The van der Waals surface area contributed by atoms with Gasteiger partial charge >= 0.3 is 0 Å². The molecule has 116 valence electrons. The summed E-state index contributed by atoms with van der Waals surface area (Å²) in [7, 11) is 1.60. The molecule has 0 aliphatic rings. The normalized spacial score (nSPS) is 11.8. The zero-order valence-electron chi connectivity index (χ0n) is 13.0. The number of carbonyl (C=O) groups is 1. The van der Waals surface area contributed by atoms with Crippen LogP contribution in [0.2, 0.25) is 0 Å². The van der Waals surface area contributed by atoms with E-state index >= 15 is 0 Å². The van der Waals surface area contributed by atoms with Gasteiger partial charge in [-0.3, -0.25) is 4.79 Å². The van der Waals surface area contributed by atoms with Crippen LogP contribution in [-0.4, -0.2) is 13.0 Å². The topological polar surface area (TPSA) is 38.3 Å². The molecule has 1 N–H and O–H groups in total. The number of hydrogen-bond acceptors (Lipinski definition) is 2. The molecule has 0 saturated carbocycles. The van der Waals surface area contributed by atoms with E-state index in [0.717, 1.165) is 22.1 Å². The second kappa shape index (κ2) is 7.45. The lowest BCUT2D eigenvalue weighted by Crippen LogP contribution is -2.14. The summed E-state index contributed by atoms with van der Waals surface area (Å²) in [6.07, 6.45) is 1.03. The fourth-order valence-electron chi connectivity index (χ4n) is 2.26. The van der Waals surface area contributed by atoms with E-state index in [1.165, 1.54) is 0 Å². The van der Waals surface area contributed by atoms with Crippen LogP contribution in [0.4, 0.5) is 5.69 Å². The molecule has 0 aliphatic heterocycles. The molecule has 22 heavy (non-hydrogen) atoms. The quantitative estimate of drug-likeness (QED) is 0.792. The van der Waals surface area contributed by atoms with Crippen LogP contribution >= 0.6 is 15.9 Å². The Morgan fingerprint density at radius 2 is 2.00 bits per heavy atom. The highest BCUT2D eigenvalue weighted by Crippen LogP contribution is 2.28. The molecule has 1 amide bonds. The highest BCUT2D eigenvalue weighted by atomic mass is 79.9. The third-order valence-corrected chi connectivity index (χ3v) is 4.39. The molecule has 0 aliphatic carbocycles. The highest BCUT2D eigenvalue weighted by Gasteiger charge is 2.13. The lowest BCUT2D eigenvalue weighted by atomic mass is 9.97. The summed E-state index contributed by atoms with van der Waals surface area (Å²) < 4.78 is 5.95. The maximum Gasteiger partial charge on any atom is 0.255 e. The molecule has 0 fully saturated rings. The van der Waals surface area contributed by atoms with Gasteiger partial charge in [0.05, 0.1) is 11.6 Å². The number of nitrogens with one attached hydrogen (secondary N) is 1. The SMILES string of the molecule is CC[C@H](C)c1ccccc1NC(=O)c1ccc(OC)c(Br)c1. The predicted octanol–water partition coefficient (Wildman–Crippen LogP) is 5.22. The molecule has 0 heterocycles. The monoisotopic (exact) mass is 361 g/mol. The molecular weight excluding hydrogens is 342 g/mol. The summed E-state index contributed by atoms with van der Waals surface area (Å²) >= 11 is 3.40. The molecular formula is C18H20BrNO2. The third kappa shape index (κ3) is 3.69. The molecule has 1 atom stereocenters. The average molecular weight is 362 g/mol. The summed E-state index contributed by atoms with van der Waals surface area (Å²) in [4.78, 5) is 12.5. The van der Waals surface area contributed by atoms with Crippen LogP contribution in [0.1, 0.15) is 42.1 Å². The van der Waals surface area contributed by atoms with Gasteiger partial charge in [-0.2, -0.15) is 0 Å². The van der Waals surface area contributed by atoms with Crippen molar-refractivity contribution in [3.05, 3.63) is 58.1 Å². The molecule has 4 heteroatoms. The van der Waals surface area contributed by atoms with E-state index in [4.69, 9.17) is 4.74 Å². The van der Waals surface area contributed by atoms with Crippen molar-refractivity contribution < 1.29 is 9.53 Å². The molecule has 2 aromatic rings. The van der Waals surface area contributed by atoms with Crippen molar-refractivity contribution in [3.63, 3.8) is 0 Å². The van der Waals surface area contributed by atoms with Crippen LogP contribution in [0.15, 0.2) is 46.9 Å². The first-order chi connectivity index (χ1) is 10.6. The van der Waals surface area contributed by atoms with Crippen LogP contribution in [-0.2, 0) is 0 Å². The number of para-hydroxylation sites is 1. The predicted molar refractivity (Wildman–Crippen MR) is 93.8 cm³/mol. The highest BCUT2D eigenvalue weighted by molar-refractivity contribution is 9.10. The largest absolute Gasteiger partial charge is 0.496 e. The average Bonchev–Trinajstić information content (AvgIpc) is 2.54. The van der Waals surface area contributed by atoms with Gasteiger partial charge in [0.25, 0.3) is 5.91 Å². The Balaban J connectivity index is 2.24. The van der Waals surface area contributed by atoms with Gasteiger partial charge in [0, 0.05) is 11.3 Å². The van der Waals surface area contributed by atoms with Gasteiger partial charge in [0.1, 0.15) is 5.75 Å². The van der Waals surface area contributed by atoms with E-state index in [2.05, 4.69) is 41.2 Å². The van der Waals surface area contributed by atoms with E-state index < -0.39 is 0 Å². The number of ether oxygens (including phenoxy) is 1. The van der Waals surface area contributed by atoms with E-state index in [1.807, 2.05) is 18.2 Å². The molecule has 2 aromatic carbocycles. The van der Waals surface area contributed by atoms with Crippen LogP contribution in [0.5, 0.6) is 5.75 Å². The summed E-state index contributed by atoms with van der Waals surface area (Å²) in [6, 6.07) is 13.2. The molecule has 0 spiro atoms. The summed E-state index contributed by atoms with van der Waals surface area (Å²) in [6.45, 7) is 4.30. The third-order valence-electron chi connectivity index (χ3n) is 3.77. The van der Waals surface area contributed by atoms with E-state index in [0.29, 0.717) is 17.2 Å². The first-order valence-corrected chi connectivity index (χ1v) is 8.10. The van der Waals surface area contributed by atoms with Crippen molar-refractivity contribution in [2.24, 2.45) is 0 Å².